The zero-order chi connectivity index (χ0) is 29.5. The van der Waals surface area contributed by atoms with E-state index in [1.54, 1.807) is 17.0 Å². The molecule has 1 heterocycles. The maximum atomic E-state index is 13.9. The highest BCUT2D eigenvalue weighted by molar-refractivity contribution is 5.99. The highest BCUT2D eigenvalue weighted by atomic mass is 16.2. The Balaban J connectivity index is 1.23. The number of carbonyl (C=O) groups excluding carboxylic acids is 4. The first-order chi connectivity index (χ1) is 19.5. The molecule has 8 heteroatoms. The summed E-state index contributed by atoms with van der Waals surface area (Å²) in [4.78, 5) is 57.7. The van der Waals surface area contributed by atoms with Gasteiger partial charge in [0.2, 0.25) is 11.8 Å². The minimum absolute atomic E-state index is 0.00289. The lowest BCUT2D eigenvalue weighted by atomic mass is 9.49. The molecule has 0 radical (unpaired) electrons. The van der Waals surface area contributed by atoms with Crippen molar-refractivity contribution in [2.45, 2.75) is 84.2 Å². The molecule has 5 aliphatic rings. The summed E-state index contributed by atoms with van der Waals surface area (Å²) < 4.78 is 0. The number of Topliss-reactive ketones (excluding diaryl/α,β-unsaturated/α-hetero) is 1. The number of anilines is 1. The Hall–Kier alpha value is -2.90. The number of hydrogen-bond acceptors (Lipinski definition) is 5. The fourth-order valence-corrected chi connectivity index (χ4v) is 8.58. The fraction of sp³-hybridized carbons (Fsp3) is 0.697. The van der Waals surface area contributed by atoms with Crippen LogP contribution in [0.2, 0.25) is 0 Å². The van der Waals surface area contributed by atoms with Crippen molar-refractivity contribution in [2.75, 3.05) is 32.1 Å². The number of rotatable bonds is 10. The van der Waals surface area contributed by atoms with Crippen molar-refractivity contribution in [2.24, 2.45) is 35.0 Å². The molecule has 4 bridgehead atoms. The second-order valence-electron chi connectivity index (χ2n) is 14.2. The first-order valence-electron chi connectivity index (χ1n) is 15.7. The van der Waals surface area contributed by atoms with Crippen LogP contribution in [-0.4, -0.2) is 67.7 Å². The van der Waals surface area contributed by atoms with Gasteiger partial charge in [-0.3, -0.25) is 19.2 Å². The Labute approximate surface area is 245 Å². The van der Waals surface area contributed by atoms with E-state index in [1.165, 1.54) is 19.3 Å². The van der Waals surface area contributed by atoms with E-state index >= 15 is 0 Å². The largest absolute Gasteiger partial charge is 0.378 e. The maximum absolute atomic E-state index is 13.9. The molecule has 0 spiro atoms. The van der Waals surface area contributed by atoms with Gasteiger partial charge in [-0.1, -0.05) is 20.8 Å². The smallest absolute Gasteiger partial charge is 0.251 e. The summed E-state index contributed by atoms with van der Waals surface area (Å²) in [6, 6.07) is 5.96. The summed E-state index contributed by atoms with van der Waals surface area (Å²) >= 11 is 0. The van der Waals surface area contributed by atoms with Crippen LogP contribution in [0.25, 0.3) is 0 Å². The normalized spacial score (nSPS) is 30.8. The van der Waals surface area contributed by atoms with Gasteiger partial charge in [0, 0.05) is 37.3 Å². The van der Waals surface area contributed by atoms with Gasteiger partial charge in [-0.2, -0.15) is 0 Å². The molecule has 0 aromatic heterocycles. The lowest BCUT2D eigenvalue weighted by molar-refractivity contribution is -0.147. The van der Waals surface area contributed by atoms with Crippen molar-refractivity contribution in [3.05, 3.63) is 29.8 Å². The van der Waals surface area contributed by atoms with Gasteiger partial charge in [0.25, 0.3) is 5.91 Å². The van der Waals surface area contributed by atoms with Crippen LogP contribution in [0.1, 0.15) is 82.5 Å². The molecule has 2 N–H and O–H groups in total. The van der Waals surface area contributed by atoms with Crippen molar-refractivity contribution >= 4 is 29.2 Å². The predicted octanol–water partition coefficient (Wildman–Crippen LogP) is 4.04. The highest BCUT2D eigenvalue weighted by Gasteiger charge is 2.54. The molecule has 4 aliphatic carbocycles. The number of hydrogen-bond donors (Lipinski definition) is 2. The number of amides is 3. The van der Waals surface area contributed by atoms with E-state index in [2.05, 4.69) is 10.6 Å². The van der Waals surface area contributed by atoms with E-state index in [0.29, 0.717) is 36.3 Å². The molecular weight excluding hydrogens is 516 g/mol. The van der Waals surface area contributed by atoms with Crippen molar-refractivity contribution in [1.82, 2.24) is 15.5 Å². The molecule has 8 nitrogen and oxygen atoms in total. The molecule has 1 saturated heterocycles. The molecule has 41 heavy (non-hydrogen) atoms. The molecule has 1 aromatic carbocycles. The second kappa shape index (κ2) is 11.8. The van der Waals surface area contributed by atoms with Crippen molar-refractivity contribution in [3.8, 4) is 0 Å². The van der Waals surface area contributed by atoms with Crippen LogP contribution in [0.3, 0.4) is 0 Å². The Morgan fingerprint density at radius 1 is 0.976 bits per heavy atom. The van der Waals surface area contributed by atoms with E-state index in [9.17, 15) is 19.2 Å². The molecule has 6 rings (SSSR count). The summed E-state index contributed by atoms with van der Waals surface area (Å²) in [5.74, 6) is 1.55. The molecular formula is C33H48N4O4. The minimum Gasteiger partial charge on any atom is -0.378 e. The van der Waals surface area contributed by atoms with Gasteiger partial charge in [0.05, 0.1) is 12.6 Å². The van der Waals surface area contributed by atoms with Crippen LogP contribution < -0.4 is 15.5 Å². The number of nitrogens with one attached hydrogen (secondary N) is 2. The van der Waals surface area contributed by atoms with Crippen LogP contribution in [0.4, 0.5) is 5.69 Å². The van der Waals surface area contributed by atoms with Gasteiger partial charge in [0.15, 0.2) is 5.78 Å². The van der Waals surface area contributed by atoms with Crippen molar-refractivity contribution < 1.29 is 19.2 Å². The quantitative estimate of drug-likeness (QED) is 0.447. The van der Waals surface area contributed by atoms with Crippen LogP contribution in [0.15, 0.2) is 24.3 Å². The van der Waals surface area contributed by atoms with E-state index in [-0.39, 0.29) is 47.3 Å². The Morgan fingerprint density at radius 2 is 1.56 bits per heavy atom. The summed E-state index contributed by atoms with van der Waals surface area (Å²) in [6.07, 6.45) is 7.86. The van der Waals surface area contributed by atoms with Crippen LogP contribution in [-0.2, 0) is 14.4 Å². The first kappa shape index (κ1) is 29.6. The maximum Gasteiger partial charge on any atom is 0.251 e. The van der Waals surface area contributed by atoms with Crippen molar-refractivity contribution in [3.63, 3.8) is 0 Å². The lowest BCUT2D eigenvalue weighted by Gasteiger charge is -2.55. The molecule has 1 aromatic rings. The third-order valence-electron chi connectivity index (χ3n) is 10.2. The zero-order valence-corrected chi connectivity index (χ0v) is 25.4. The molecule has 3 amide bonds. The van der Waals surface area contributed by atoms with E-state index in [4.69, 9.17) is 0 Å². The predicted molar refractivity (Wildman–Crippen MR) is 159 cm³/mol. The van der Waals surface area contributed by atoms with Gasteiger partial charge < -0.3 is 20.4 Å². The molecule has 1 aliphatic heterocycles. The highest BCUT2D eigenvalue weighted by Crippen LogP contribution is 2.60. The van der Waals surface area contributed by atoms with Crippen LogP contribution >= 0.6 is 0 Å². The fourth-order valence-electron chi connectivity index (χ4n) is 8.58. The second-order valence-corrected chi connectivity index (χ2v) is 14.2. The monoisotopic (exact) mass is 564 g/mol. The van der Waals surface area contributed by atoms with E-state index in [1.807, 2.05) is 51.9 Å². The zero-order valence-electron chi connectivity index (χ0n) is 25.4. The number of nitrogens with zero attached hydrogens (tertiary/aromatic N) is 2. The number of ketones is 1. The SMILES string of the molecule is CC(C)C[C@H](NC(=O)c1ccc(N(C)C)cc1)C(=O)N1CCC(C)[C@H]1C(=O)CNC(=O)C12CC3CC(CC(C3)C1)C2. The average Bonchev–Trinajstić information content (AvgIpc) is 3.31. The molecule has 5 fully saturated rings. The summed E-state index contributed by atoms with van der Waals surface area (Å²) in [7, 11) is 3.88. The van der Waals surface area contributed by atoms with Crippen LogP contribution in [0.5, 0.6) is 0 Å². The topological polar surface area (TPSA) is 98.8 Å². The van der Waals surface area contributed by atoms with Gasteiger partial charge in [-0.05, 0) is 105 Å². The lowest BCUT2D eigenvalue weighted by Crippen LogP contribution is -2.56. The third kappa shape index (κ3) is 6.17. The first-order valence-corrected chi connectivity index (χ1v) is 15.7. The summed E-state index contributed by atoms with van der Waals surface area (Å²) in [5.41, 5.74) is 1.18. The van der Waals surface area contributed by atoms with E-state index in [0.717, 1.165) is 31.4 Å². The number of likely N-dealkylation sites (tertiary alicyclic amines) is 1. The summed E-state index contributed by atoms with van der Waals surface area (Å²) in [6.45, 7) is 6.47. The van der Waals surface area contributed by atoms with Gasteiger partial charge in [-0.15, -0.1) is 0 Å². The molecule has 3 atom stereocenters. The average molecular weight is 565 g/mol. The van der Waals surface area contributed by atoms with Gasteiger partial charge >= 0.3 is 0 Å². The van der Waals surface area contributed by atoms with Gasteiger partial charge in [0.1, 0.15) is 6.04 Å². The summed E-state index contributed by atoms with van der Waals surface area (Å²) in [5, 5.41) is 5.99. The Bertz CT molecular complexity index is 1120. The standard InChI is InChI=1S/C33H48N4O4/c1-20(2)12-27(35-30(39)25-6-8-26(9-7-25)36(4)5)31(40)37-11-10-21(3)29(37)28(38)19-34-32(41)33-16-22-13-23(17-33)15-24(14-22)18-33/h6-9,20-24,27,29H,10-19H2,1-5H3,(H,34,41)(H,35,39)/t21?,22?,23?,24?,27-,29-,33?/m0/s1. The molecule has 1 unspecified atom stereocenters. The Morgan fingerprint density at radius 3 is 2.10 bits per heavy atom. The minimum atomic E-state index is -0.724. The number of benzene rings is 1. The van der Waals surface area contributed by atoms with Crippen LogP contribution in [0, 0.1) is 35.0 Å². The Kier molecular flexibility index (Phi) is 8.49. The molecule has 224 valence electrons. The van der Waals surface area contributed by atoms with E-state index < -0.39 is 12.1 Å². The van der Waals surface area contributed by atoms with Gasteiger partial charge in [-0.25, -0.2) is 0 Å². The molecule has 4 saturated carbocycles. The third-order valence-corrected chi connectivity index (χ3v) is 10.2. The number of carbonyl (C=O) groups is 4. The van der Waals surface area contributed by atoms with Crippen molar-refractivity contribution in [1.29, 1.82) is 0 Å².